The lowest BCUT2D eigenvalue weighted by Gasteiger charge is -2.46. The largest absolute Gasteiger partial charge is 0.394 e. The molecule has 0 aromatic heterocycles. The van der Waals surface area contributed by atoms with Crippen LogP contribution in [0, 0.1) is 0 Å². The summed E-state index contributed by atoms with van der Waals surface area (Å²) in [5.41, 5.74) is 2.33. The minimum absolute atomic E-state index is 0.374. The number of ether oxygens (including phenoxy) is 6. The van der Waals surface area contributed by atoms with Crippen LogP contribution >= 0.6 is 0 Å². The zero-order valence-corrected chi connectivity index (χ0v) is 20.8. The molecule has 12 N–H and O–H groups in total. The quantitative estimate of drug-likeness (QED) is 0.0800. The molecule has 3 rings (SSSR count). The van der Waals surface area contributed by atoms with Crippen LogP contribution in [0.25, 0.3) is 0 Å². The number of aliphatic hydroxyl groups excluding tert-OH is 10. The Hall–Kier alpha value is -0.760. The van der Waals surface area contributed by atoms with Gasteiger partial charge in [-0.2, -0.15) is 0 Å². The van der Waals surface area contributed by atoms with Gasteiger partial charge in [0.2, 0.25) is 0 Å². The lowest BCUT2D eigenvalue weighted by atomic mass is 9.97. The summed E-state index contributed by atoms with van der Waals surface area (Å²) in [4.78, 5) is 0. The van der Waals surface area contributed by atoms with Crippen molar-refractivity contribution in [3.8, 4) is 0 Å². The monoisotopic (exact) mass is 578 g/mol. The maximum absolute atomic E-state index is 10.7. The van der Waals surface area contributed by atoms with Crippen molar-refractivity contribution >= 4 is 0 Å². The molecule has 0 aliphatic carbocycles. The molecule has 3 heterocycles. The lowest BCUT2D eigenvalue weighted by molar-refractivity contribution is -0.367. The first-order chi connectivity index (χ1) is 18.4. The van der Waals surface area contributed by atoms with Crippen LogP contribution in [-0.4, -0.2) is 187 Å². The minimum atomic E-state index is -1.90. The highest BCUT2D eigenvalue weighted by Gasteiger charge is 2.51. The van der Waals surface area contributed by atoms with Crippen LogP contribution in [0.2, 0.25) is 0 Å². The number of hydrogen-bond acceptors (Lipinski definition) is 19. The maximum atomic E-state index is 10.7. The number of hydrogen-bond donors (Lipinski definition) is 12. The highest BCUT2D eigenvalue weighted by atomic mass is 16.8. The molecule has 15 atom stereocenters. The van der Waals surface area contributed by atoms with Gasteiger partial charge in [0.05, 0.1) is 19.8 Å². The topological polar surface area (TPSA) is 293 Å². The van der Waals surface area contributed by atoms with Crippen LogP contribution in [0.15, 0.2) is 0 Å². The maximum Gasteiger partial charge on any atom is 0.188 e. The Kier molecular flexibility index (Phi) is 12.1. The number of hydroxylamine groups is 1. The first kappa shape index (κ1) is 32.8. The van der Waals surface area contributed by atoms with Gasteiger partial charge >= 0.3 is 0 Å². The summed E-state index contributed by atoms with van der Waals surface area (Å²) in [7, 11) is 1.24. The molecule has 3 aliphatic heterocycles. The number of nitrogens with one attached hydrogen (secondary N) is 1. The van der Waals surface area contributed by atoms with Crippen molar-refractivity contribution < 1.29 is 84.7 Å². The molecule has 0 amide bonds. The van der Waals surface area contributed by atoms with Gasteiger partial charge in [-0.3, -0.25) is 5.21 Å². The molecule has 0 bridgehead atoms. The van der Waals surface area contributed by atoms with E-state index in [1.165, 1.54) is 7.05 Å². The molecule has 3 fully saturated rings. The van der Waals surface area contributed by atoms with E-state index in [0.717, 1.165) is 0 Å². The Morgan fingerprint density at radius 2 is 1.10 bits per heavy atom. The summed E-state index contributed by atoms with van der Waals surface area (Å²) >= 11 is 0. The van der Waals surface area contributed by atoms with Crippen molar-refractivity contribution in [1.82, 2.24) is 10.6 Å². The van der Waals surface area contributed by atoms with Crippen LogP contribution in [0.3, 0.4) is 0 Å². The number of nitrogens with zero attached hydrogens (tertiary/aromatic N) is 1. The minimum Gasteiger partial charge on any atom is -0.394 e. The van der Waals surface area contributed by atoms with Gasteiger partial charge in [0, 0.05) is 7.05 Å². The Balaban J connectivity index is 1.67. The van der Waals surface area contributed by atoms with Crippen LogP contribution in [0.5, 0.6) is 0 Å². The molecule has 0 radical (unpaired) electrons. The molecule has 0 aromatic carbocycles. The first-order valence-electron chi connectivity index (χ1n) is 12.1. The van der Waals surface area contributed by atoms with Gasteiger partial charge in [-0.25, -0.2) is 5.43 Å². The van der Waals surface area contributed by atoms with Crippen molar-refractivity contribution in [2.75, 3.05) is 33.6 Å². The summed E-state index contributed by atoms with van der Waals surface area (Å²) in [6.45, 7) is -2.44. The molecule has 0 aromatic rings. The third kappa shape index (κ3) is 7.55. The molecule has 19 nitrogen and oxygen atoms in total. The zero-order chi connectivity index (χ0) is 29.0. The third-order valence-electron chi connectivity index (χ3n) is 6.60. The van der Waals surface area contributed by atoms with Crippen molar-refractivity contribution in [3.05, 3.63) is 0 Å². The van der Waals surface area contributed by atoms with Gasteiger partial charge in [0.15, 0.2) is 18.9 Å². The van der Waals surface area contributed by atoms with E-state index in [2.05, 4.69) is 5.43 Å². The van der Waals surface area contributed by atoms with Crippen LogP contribution in [0.1, 0.15) is 0 Å². The second-order valence-electron chi connectivity index (χ2n) is 9.35. The van der Waals surface area contributed by atoms with E-state index in [4.69, 9.17) is 33.6 Å². The lowest BCUT2D eigenvalue weighted by Crippen LogP contribution is -2.65. The summed E-state index contributed by atoms with van der Waals surface area (Å²) in [5, 5.41) is 111. The number of rotatable bonds is 11. The van der Waals surface area contributed by atoms with E-state index >= 15 is 0 Å². The van der Waals surface area contributed by atoms with E-state index in [1.807, 2.05) is 0 Å². The van der Waals surface area contributed by atoms with Gasteiger partial charge in [0.1, 0.15) is 80.0 Å². The highest BCUT2D eigenvalue weighted by molar-refractivity contribution is 4.95. The van der Waals surface area contributed by atoms with Crippen molar-refractivity contribution in [2.45, 2.75) is 92.1 Å². The molecule has 3 aliphatic rings. The van der Waals surface area contributed by atoms with E-state index in [1.54, 1.807) is 0 Å². The van der Waals surface area contributed by atoms with Crippen LogP contribution in [-0.2, 0) is 28.4 Å². The van der Waals surface area contributed by atoms with E-state index in [9.17, 15) is 51.1 Å². The predicted molar refractivity (Wildman–Crippen MR) is 118 cm³/mol. The van der Waals surface area contributed by atoms with Gasteiger partial charge in [0.25, 0.3) is 0 Å². The van der Waals surface area contributed by atoms with Gasteiger partial charge in [-0.1, -0.05) is 0 Å². The van der Waals surface area contributed by atoms with Crippen molar-refractivity contribution in [1.29, 1.82) is 0 Å². The van der Waals surface area contributed by atoms with Crippen LogP contribution in [0.4, 0.5) is 0 Å². The molecule has 19 heteroatoms. The molecular formula is C20H38N2O17. The third-order valence-corrected chi connectivity index (χ3v) is 6.60. The normalized spacial score (nSPS) is 47.5. The Morgan fingerprint density at radius 1 is 0.615 bits per heavy atom. The Morgan fingerprint density at radius 3 is 1.67 bits per heavy atom. The van der Waals surface area contributed by atoms with E-state index in [-0.39, 0.29) is 6.73 Å². The molecule has 0 saturated carbocycles. The second-order valence-corrected chi connectivity index (χ2v) is 9.35. The molecule has 3 saturated heterocycles. The van der Waals surface area contributed by atoms with Gasteiger partial charge in [-0.15, -0.1) is 5.17 Å². The summed E-state index contributed by atoms with van der Waals surface area (Å²) in [6, 6.07) is 0. The fourth-order valence-corrected chi connectivity index (χ4v) is 4.28. The standard InChI is InChI=1S/C20H38N2O17/c1-22(33)21-5-35-19-16(32)17(11(27)7(3-24)37-19)39-20-15(31)13(29)10(26)8(38-20)4-34-18-14(30)12(28)9(25)6(2-23)36-18/h6-21,23-33H,2-5H2,1H3/t6-,7-,8-,9-,10-,11-,12+,13+,14-,15-,16-,17+,18-,19-,20+/m1/s1. The van der Waals surface area contributed by atoms with Crippen molar-refractivity contribution in [2.24, 2.45) is 0 Å². The molecule has 230 valence electrons. The Labute approximate surface area is 221 Å². The van der Waals surface area contributed by atoms with Crippen LogP contribution < -0.4 is 5.43 Å². The SMILES string of the molecule is CN(O)NCO[C@@H]1O[C@H](CO)[C@@H](O)[C@H](O[C@@H]2O[C@H](CO[C@@H]3O[C@H](CO)[C@@H](O)[C@H](O)[C@H]3O)[C@@H](O)[C@H](O)[C@H]2O)[C@H]1O. The smallest absolute Gasteiger partial charge is 0.188 e. The molecular weight excluding hydrogens is 540 g/mol. The number of hydrazine groups is 1. The predicted octanol–water partition coefficient (Wildman–Crippen LogP) is -7.77. The fraction of sp³-hybridized carbons (Fsp3) is 1.00. The summed E-state index contributed by atoms with van der Waals surface area (Å²) in [5.74, 6) is 0. The van der Waals surface area contributed by atoms with E-state index < -0.39 is 112 Å². The summed E-state index contributed by atoms with van der Waals surface area (Å²) < 4.78 is 32.2. The fourth-order valence-electron chi connectivity index (χ4n) is 4.28. The Bertz CT molecular complexity index is 738. The van der Waals surface area contributed by atoms with E-state index in [0.29, 0.717) is 5.17 Å². The average molecular weight is 579 g/mol. The number of aliphatic hydroxyl groups is 10. The molecule has 0 spiro atoms. The van der Waals surface area contributed by atoms with Gasteiger partial charge in [-0.05, 0) is 0 Å². The second kappa shape index (κ2) is 14.4. The average Bonchev–Trinajstić information content (AvgIpc) is 2.90. The highest BCUT2D eigenvalue weighted by Crippen LogP contribution is 2.30. The zero-order valence-electron chi connectivity index (χ0n) is 20.8. The first-order valence-corrected chi connectivity index (χ1v) is 12.1. The molecule has 39 heavy (non-hydrogen) atoms. The van der Waals surface area contributed by atoms with Crippen molar-refractivity contribution in [3.63, 3.8) is 0 Å². The molecule has 0 unspecified atom stereocenters. The summed E-state index contributed by atoms with van der Waals surface area (Å²) in [6.07, 6.45) is -24.6. The van der Waals surface area contributed by atoms with Gasteiger partial charge < -0.3 is 79.5 Å².